The van der Waals surface area contributed by atoms with Crippen molar-refractivity contribution in [3.63, 3.8) is 0 Å². The van der Waals surface area contributed by atoms with E-state index in [-0.39, 0.29) is 16.4 Å². The van der Waals surface area contributed by atoms with Crippen molar-refractivity contribution in [3.8, 4) is 22.6 Å². The van der Waals surface area contributed by atoms with E-state index in [0.29, 0.717) is 36.7 Å². The maximum absolute atomic E-state index is 14.3. The summed E-state index contributed by atoms with van der Waals surface area (Å²) in [5, 5.41) is 6.30. The zero-order chi connectivity index (χ0) is 13.4. The number of nitrogens with zero attached hydrogens (tertiary/aromatic N) is 1. The number of hydrogen-bond donors (Lipinski definition) is 2. The molecular weight excluding hydrogens is 273 g/mol. The minimum Gasteiger partial charge on any atom is -0.489 e. The van der Waals surface area contributed by atoms with Crippen LogP contribution in [-0.2, 0) is 0 Å². The SMILES string of the molecule is Nc1[nH]ncc1-c1c(F)c(Cl)cc2c1OCCCO2. The highest BCUT2D eigenvalue weighted by atomic mass is 35.5. The molecule has 100 valence electrons. The van der Waals surface area contributed by atoms with Crippen LogP contribution in [0.3, 0.4) is 0 Å². The van der Waals surface area contributed by atoms with E-state index in [2.05, 4.69) is 10.2 Å². The van der Waals surface area contributed by atoms with Gasteiger partial charge in [-0.05, 0) is 0 Å². The van der Waals surface area contributed by atoms with Crippen molar-refractivity contribution in [2.24, 2.45) is 0 Å². The van der Waals surface area contributed by atoms with E-state index in [1.54, 1.807) is 0 Å². The van der Waals surface area contributed by atoms with Crippen molar-refractivity contribution in [2.75, 3.05) is 18.9 Å². The number of anilines is 1. The molecule has 0 bridgehead atoms. The summed E-state index contributed by atoms with van der Waals surface area (Å²) >= 11 is 5.89. The third kappa shape index (κ3) is 1.98. The Balaban J connectivity index is 2.27. The summed E-state index contributed by atoms with van der Waals surface area (Å²) in [4.78, 5) is 0. The summed E-state index contributed by atoms with van der Waals surface area (Å²) in [6, 6.07) is 1.41. The minimum atomic E-state index is -0.598. The van der Waals surface area contributed by atoms with Crippen LogP contribution >= 0.6 is 11.6 Å². The third-order valence-electron chi connectivity index (χ3n) is 2.87. The third-order valence-corrected chi connectivity index (χ3v) is 3.14. The molecule has 0 unspecified atom stereocenters. The summed E-state index contributed by atoms with van der Waals surface area (Å²) in [6.07, 6.45) is 2.15. The highest BCUT2D eigenvalue weighted by Crippen LogP contribution is 2.45. The smallest absolute Gasteiger partial charge is 0.172 e. The monoisotopic (exact) mass is 283 g/mol. The minimum absolute atomic E-state index is 0.0418. The first-order chi connectivity index (χ1) is 9.18. The molecule has 0 radical (unpaired) electrons. The van der Waals surface area contributed by atoms with Crippen LogP contribution < -0.4 is 15.2 Å². The van der Waals surface area contributed by atoms with Gasteiger partial charge in [0.15, 0.2) is 17.3 Å². The fourth-order valence-corrected chi connectivity index (χ4v) is 2.18. The molecule has 3 N–H and O–H groups in total. The number of rotatable bonds is 1. The zero-order valence-corrected chi connectivity index (χ0v) is 10.6. The first-order valence-corrected chi connectivity index (χ1v) is 6.13. The van der Waals surface area contributed by atoms with Crippen LogP contribution in [0.5, 0.6) is 11.5 Å². The number of aromatic amines is 1. The Morgan fingerprint density at radius 1 is 1.37 bits per heavy atom. The van der Waals surface area contributed by atoms with E-state index in [4.69, 9.17) is 26.8 Å². The Bertz CT molecular complexity index is 630. The molecule has 7 heteroatoms. The number of halogens is 2. The first-order valence-electron chi connectivity index (χ1n) is 5.75. The Hall–Kier alpha value is -1.95. The molecule has 0 atom stereocenters. The number of nitrogen functional groups attached to an aromatic ring is 1. The maximum atomic E-state index is 14.3. The second-order valence-electron chi connectivity index (χ2n) is 4.12. The van der Waals surface area contributed by atoms with Gasteiger partial charge >= 0.3 is 0 Å². The molecule has 0 fully saturated rings. The highest BCUT2D eigenvalue weighted by molar-refractivity contribution is 6.31. The van der Waals surface area contributed by atoms with Crippen LogP contribution in [-0.4, -0.2) is 23.4 Å². The highest BCUT2D eigenvalue weighted by Gasteiger charge is 2.25. The van der Waals surface area contributed by atoms with Gasteiger partial charge in [0.25, 0.3) is 0 Å². The molecule has 0 spiro atoms. The fraction of sp³-hybridized carbons (Fsp3) is 0.250. The Kier molecular flexibility index (Phi) is 2.94. The lowest BCUT2D eigenvalue weighted by atomic mass is 10.1. The summed E-state index contributed by atoms with van der Waals surface area (Å²) < 4.78 is 25.4. The molecule has 0 saturated heterocycles. The average Bonchev–Trinajstić information content (AvgIpc) is 2.67. The van der Waals surface area contributed by atoms with E-state index < -0.39 is 5.82 Å². The van der Waals surface area contributed by atoms with Gasteiger partial charge in [-0.1, -0.05) is 11.6 Å². The Morgan fingerprint density at radius 2 is 2.16 bits per heavy atom. The van der Waals surface area contributed by atoms with Gasteiger partial charge in [0.05, 0.1) is 35.6 Å². The van der Waals surface area contributed by atoms with Crippen molar-refractivity contribution >= 4 is 17.4 Å². The normalized spacial score (nSPS) is 14.2. The number of fused-ring (bicyclic) bond motifs is 1. The predicted octanol–water partition coefficient (Wildman–Crippen LogP) is 2.61. The van der Waals surface area contributed by atoms with Gasteiger partial charge < -0.3 is 15.2 Å². The molecule has 3 rings (SSSR count). The lowest BCUT2D eigenvalue weighted by Crippen LogP contribution is -1.99. The van der Waals surface area contributed by atoms with Crippen LogP contribution in [0.1, 0.15) is 6.42 Å². The van der Waals surface area contributed by atoms with Crippen LogP contribution in [0.15, 0.2) is 12.3 Å². The topological polar surface area (TPSA) is 73.2 Å². The molecule has 2 heterocycles. The second kappa shape index (κ2) is 4.62. The number of nitrogens with one attached hydrogen (secondary N) is 1. The number of H-pyrrole nitrogens is 1. The lowest BCUT2D eigenvalue weighted by Gasteiger charge is -2.14. The summed E-state index contributed by atoms with van der Waals surface area (Å²) in [5.74, 6) is 0.377. The number of nitrogens with two attached hydrogens (primary N) is 1. The predicted molar refractivity (Wildman–Crippen MR) is 69.0 cm³/mol. The van der Waals surface area contributed by atoms with Crippen molar-refractivity contribution < 1.29 is 13.9 Å². The molecule has 19 heavy (non-hydrogen) atoms. The van der Waals surface area contributed by atoms with Gasteiger partial charge in [-0.25, -0.2) is 4.39 Å². The number of aromatic nitrogens is 2. The largest absolute Gasteiger partial charge is 0.489 e. The molecule has 0 saturated carbocycles. The molecule has 2 aromatic rings. The van der Waals surface area contributed by atoms with E-state index in [1.807, 2.05) is 0 Å². The number of hydrogen-bond acceptors (Lipinski definition) is 4. The Labute approximate surface area is 113 Å². The van der Waals surface area contributed by atoms with Crippen LogP contribution in [0.4, 0.5) is 10.2 Å². The lowest BCUT2D eigenvalue weighted by molar-refractivity contribution is 0.297. The standard InChI is InChI=1S/C12H11ClFN3O2/c13-7-4-8-11(19-3-1-2-18-8)9(10(7)14)6-5-16-17-12(6)15/h4-5H,1-3H2,(H3,15,16,17). The van der Waals surface area contributed by atoms with Gasteiger partial charge in [0.2, 0.25) is 0 Å². The molecule has 0 aliphatic carbocycles. The molecule has 1 aliphatic heterocycles. The average molecular weight is 284 g/mol. The Morgan fingerprint density at radius 3 is 2.89 bits per heavy atom. The van der Waals surface area contributed by atoms with Gasteiger partial charge in [0.1, 0.15) is 5.82 Å². The second-order valence-corrected chi connectivity index (χ2v) is 4.53. The molecule has 1 aromatic heterocycles. The first kappa shape index (κ1) is 12.1. The van der Waals surface area contributed by atoms with Crippen molar-refractivity contribution in [2.45, 2.75) is 6.42 Å². The van der Waals surface area contributed by atoms with Crippen molar-refractivity contribution in [1.82, 2.24) is 10.2 Å². The summed E-state index contributed by atoms with van der Waals surface area (Å²) in [5.41, 5.74) is 6.32. The fourth-order valence-electron chi connectivity index (χ4n) is 1.99. The molecule has 0 amide bonds. The molecule has 1 aromatic carbocycles. The molecular formula is C12H11ClFN3O2. The summed E-state index contributed by atoms with van der Waals surface area (Å²) in [6.45, 7) is 0.939. The van der Waals surface area contributed by atoms with Crippen molar-refractivity contribution in [1.29, 1.82) is 0 Å². The van der Waals surface area contributed by atoms with E-state index in [0.717, 1.165) is 0 Å². The number of benzene rings is 1. The van der Waals surface area contributed by atoms with Crippen LogP contribution in [0.25, 0.3) is 11.1 Å². The quantitative estimate of drug-likeness (QED) is 0.844. The van der Waals surface area contributed by atoms with Gasteiger partial charge in [0, 0.05) is 12.5 Å². The van der Waals surface area contributed by atoms with Crippen LogP contribution in [0, 0.1) is 5.82 Å². The van der Waals surface area contributed by atoms with E-state index >= 15 is 0 Å². The molecule has 1 aliphatic rings. The molecule has 5 nitrogen and oxygen atoms in total. The van der Waals surface area contributed by atoms with E-state index in [1.165, 1.54) is 12.3 Å². The summed E-state index contributed by atoms with van der Waals surface area (Å²) in [7, 11) is 0. The van der Waals surface area contributed by atoms with Crippen molar-refractivity contribution in [3.05, 3.63) is 23.1 Å². The van der Waals surface area contributed by atoms with Gasteiger partial charge in [-0.3, -0.25) is 5.10 Å². The zero-order valence-electron chi connectivity index (χ0n) is 9.87. The van der Waals surface area contributed by atoms with Crippen LogP contribution in [0.2, 0.25) is 5.02 Å². The number of ether oxygens (including phenoxy) is 2. The van der Waals surface area contributed by atoms with Gasteiger partial charge in [-0.2, -0.15) is 5.10 Å². The maximum Gasteiger partial charge on any atom is 0.172 e. The van der Waals surface area contributed by atoms with Gasteiger partial charge in [-0.15, -0.1) is 0 Å². The van der Waals surface area contributed by atoms with E-state index in [9.17, 15) is 4.39 Å².